The number of aromatic nitrogens is 2. The molecule has 0 saturated carbocycles. The van der Waals surface area contributed by atoms with E-state index in [1.165, 1.54) is 17.2 Å². The zero-order chi connectivity index (χ0) is 12.3. The van der Waals surface area contributed by atoms with Crippen molar-refractivity contribution < 1.29 is 4.74 Å². The van der Waals surface area contributed by atoms with Crippen molar-refractivity contribution in [2.45, 2.75) is 45.7 Å². The van der Waals surface area contributed by atoms with E-state index < -0.39 is 0 Å². The maximum absolute atomic E-state index is 5.18. The van der Waals surface area contributed by atoms with Crippen LogP contribution in [0, 0.1) is 0 Å². The van der Waals surface area contributed by atoms with E-state index in [1.54, 1.807) is 7.11 Å². The van der Waals surface area contributed by atoms with Gasteiger partial charge in [0.25, 0.3) is 0 Å². The van der Waals surface area contributed by atoms with E-state index in [0.717, 1.165) is 39.0 Å². The summed E-state index contributed by atoms with van der Waals surface area (Å²) in [4.78, 5) is 4.76. The van der Waals surface area contributed by atoms with Crippen molar-refractivity contribution in [2.24, 2.45) is 0 Å². The highest BCUT2D eigenvalue weighted by molar-refractivity contribution is 5.21. The highest BCUT2D eigenvalue weighted by Crippen LogP contribution is 2.23. The molecule has 1 aliphatic heterocycles. The van der Waals surface area contributed by atoms with Crippen LogP contribution < -0.4 is 5.32 Å². The largest absolute Gasteiger partial charge is 0.385 e. The van der Waals surface area contributed by atoms with Crippen LogP contribution in [0.15, 0.2) is 0 Å². The van der Waals surface area contributed by atoms with Crippen molar-refractivity contribution in [1.29, 1.82) is 0 Å². The van der Waals surface area contributed by atoms with Gasteiger partial charge >= 0.3 is 0 Å². The Kier molecular flexibility index (Phi) is 4.18. The number of hydrogen-bond acceptors (Lipinski definition) is 3. The first-order chi connectivity index (χ1) is 8.27. The summed E-state index contributed by atoms with van der Waals surface area (Å²) in [5, 5.41) is 3.39. The molecule has 4 heteroatoms. The third-order valence-electron chi connectivity index (χ3n) is 3.49. The molecule has 2 heterocycles. The maximum atomic E-state index is 5.18. The van der Waals surface area contributed by atoms with E-state index in [-0.39, 0.29) is 0 Å². The Morgan fingerprint density at radius 1 is 1.53 bits per heavy atom. The minimum atomic E-state index is 0.485. The Bertz CT molecular complexity index is 373. The molecular formula is C13H23N3O. The summed E-state index contributed by atoms with van der Waals surface area (Å²) < 4.78 is 7.62. The number of hydrogen-bond donors (Lipinski definition) is 1. The monoisotopic (exact) mass is 237 g/mol. The van der Waals surface area contributed by atoms with E-state index in [4.69, 9.17) is 9.72 Å². The predicted molar refractivity (Wildman–Crippen MR) is 68.2 cm³/mol. The van der Waals surface area contributed by atoms with Gasteiger partial charge in [-0.05, 0) is 13.3 Å². The van der Waals surface area contributed by atoms with Gasteiger partial charge in [0.05, 0.1) is 5.69 Å². The Morgan fingerprint density at radius 3 is 3.06 bits per heavy atom. The molecule has 0 radical (unpaired) electrons. The Morgan fingerprint density at radius 2 is 2.35 bits per heavy atom. The van der Waals surface area contributed by atoms with Gasteiger partial charge in [0.1, 0.15) is 5.82 Å². The van der Waals surface area contributed by atoms with E-state index in [1.807, 2.05) is 0 Å². The van der Waals surface area contributed by atoms with Gasteiger partial charge in [-0.15, -0.1) is 0 Å². The lowest BCUT2D eigenvalue weighted by Gasteiger charge is -2.21. The van der Waals surface area contributed by atoms with E-state index in [2.05, 4.69) is 23.7 Å². The van der Waals surface area contributed by atoms with Crippen molar-refractivity contribution in [2.75, 3.05) is 20.3 Å². The van der Waals surface area contributed by atoms with Gasteiger partial charge in [-0.3, -0.25) is 0 Å². The van der Waals surface area contributed by atoms with Gasteiger partial charge in [0, 0.05) is 51.4 Å². The minimum Gasteiger partial charge on any atom is -0.385 e. The first-order valence-corrected chi connectivity index (χ1v) is 6.56. The van der Waals surface area contributed by atoms with E-state index >= 15 is 0 Å². The minimum absolute atomic E-state index is 0.485. The molecule has 0 saturated heterocycles. The fraction of sp³-hybridized carbons (Fsp3) is 0.769. The number of imidazole rings is 1. The molecule has 4 nitrogen and oxygen atoms in total. The van der Waals surface area contributed by atoms with Crippen molar-refractivity contribution in [3.8, 4) is 0 Å². The van der Waals surface area contributed by atoms with Gasteiger partial charge < -0.3 is 14.6 Å². The topological polar surface area (TPSA) is 39.1 Å². The Balaban J connectivity index is 2.26. The highest BCUT2D eigenvalue weighted by Gasteiger charge is 2.21. The molecule has 0 aromatic carbocycles. The quantitative estimate of drug-likeness (QED) is 0.847. The van der Waals surface area contributed by atoms with Gasteiger partial charge in [-0.1, -0.05) is 6.92 Å². The maximum Gasteiger partial charge on any atom is 0.109 e. The third kappa shape index (κ3) is 2.53. The highest BCUT2D eigenvalue weighted by atomic mass is 16.5. The lowest BCUT2D eigenvalue weighted by Crippen LogP contribution is -2.26. The zero-order valence-electron chi connectivity index (χ0n) is 11.1. The number of nitrogens with one attached hydrogen (secondary N) is 1. The molecule has 1 aromatic rings. The second-order valence-electron chi connectivity index (χ2n) is 4.70. The lowest BCUT2D eigenvalue weighted by molar-refractivity contribution is 0.180. The molecule has 1 atom stereocenters. The molecule has 96 valence electrons. The summed E-state index contributed by atoms with van der Waals surface area (Å²) in [6.45, 7) is 7.25. The summed E-state index contributed by atoms with van der Waals surface area (Å²) in [7, 11) is 1.76. The van der Waals surface area contributed by atoms with Crippen molar-refractivity contribution >= 4 is 0 Å². The van der Waals surface area contributed by atoms with Crippen LogP contribution >= 0.6 is 0 Å². The van der Waals surface area contributed by atoms with Crippen LogP contribution in [0.2, 0.25) is 0 Å². The number of rotatable bonds is 5. The van der Waals surface area contributed by atoms with Gasteiger partial charge in [0.15, 0.2) is 0 Å². The van der Waals surface area contributed by atoms with E-state index in [9.17, 15) is 0 Å². The number of nitrogens with zero attached hydrogens (tertiary/aromatic N) is 2. The summed E-state index contributed by atoms with van der Waals surface area (Å²) in [5.74, 6) is 1.22. The molecule has 1 unspecified atom stereocenters. The summed E-state index contributed by atoms with van der Waals surface area (Å²) in [6.07, 6.45) is 3.16. The molecule has 0 spiro atoms. The third-order valence-corrected chi connectivity index (χ3v) is 3.49. The smallest absolute Gasteiger partial charge is 0.109 e. The first kappa shape index (κ1) is 12.6. The van der Waals surface area contributed by atoms with Crippen molar-refractivity contribution in [1.82, 2.24) is 14.9 Å². The summed E-state index contributed by atoms with van der Waals surface area (Å²) in [6, 6.07) is 0.485. The van der Waals surface area contributed by atoms with Crippen LogP contribution in [-0.4, -0.2) is 29.8 Å². The average molecular weight is 237 g/mol. The summed E-state index contributed by atoms with van der Waals surface area (Å²) in [5.41, 5.74) is 2.68. The molecule has 1 aromatic heterocycles. The standard InChI is InChI=1S/C13H23N3O/c1-4-13-15-11-9-14-7-5-12(11)16(13)10(2)6-8-17-3/h10,14H,4-9H2,1-3H3. The van der Waals surface area contributed by atoms with Gasteiger partial charge in [-0.25, -0.2) is 4.98 Å². The van der Waals surface area contributed by atoms with E-state index in [0.29, 0.717) is 6.04 Å². The molecule has 0 amide bonds. The molecule has 0 bridgehead atoms. The van der Waals surface area contributed by atoms with Crippen LogP contribution in [0.3, 0.4) is 0 Å². The number of ether oxygens (including phenoxy) is 1. The Labute approximate surface area is 103 Å². The molecular weight excluding hydrogens is 214 g/mol. The first-order valence-electron chi connectivity index (χ1n) is 6.56. The second-order valence-corrected chi connectivity index (χ2v) is 4.70. The normalized spacial score (nSPS) is 16.9. The van der Waals surface area contributed by atoms with Crippen LogP contribution in [0.4, 0.5) is 0 Å². The van der Waals surface area contributed by atoms with Crippen molar-refractivity contribution in [3.63, 3.8) is 0 Å². The SMILES string of the molecule is CCc1nc2c(n1C(C)CCOC)CCNC2. The molecule has 1 N–H and O–H groups in total. The van der Waals surface area contributed by atoms with Crippen LogP contribution in [0.5, 0.6) is 0 Å². The number of aryl methyl sites for hydroxylation is 1. The van der Waals surface area contributed by atoms with Crippen LogP contribution in [-0.2, 0) is 24.1 Å². The number of fused-ring (bicyclic) bond motifs is 1. The number of methoxy groups -OCH3 is 1. The summed E-state index contributed by atoms with van der Waals surface area (Å²) >= 11 is 0. The van der Waals surface area contributed by atoms with Crippen molar-refractivity contribution in [3.05, 3.63) is 17.2 Å². The van der Waals surface area contributed by atoms with Gasteiger partial charge in [-0.2, -0.15) is 0 Å². The molecule has 17 heavy (non-hydrogen) atoms. The lowest BCUT2D eigenvalue weighted by atomic mass is 10.1. The second kappa shape index (κ2) is 5.65. The predicted octanol–water partition coefficient (Wildman–Crippen LogP) is 1.69. The molecule has 1 aliphatic rings. The molecule has 0 aliphatic carbocycles. The zero-order valence-corrected chi connectivity index (χ0v) is 11.1. The Hall–Kier alpha value is -0.870. The fourth-order valence-corrected chi connectivity index (χ4v) is 2.58. The van der Waals surface area contributed by atoms with Crippen LogP contribution in [0.1, 0.15) is 43.5 Å². The fourth-order valence-electron chi connectivity index (χ4n) is 2.58. The average Bonchev–Trinajstić information content (AvgIpc) is 2.74. The van der Waals surface area contributed by atoms with Crippen LogP contribution in [0.25, 0.3) is 0 Å². The molecule has 2 rings (SSSR count). The van der Waals surface area contributed by atoms with Gasteiger partial charge in [0.2, 0.25) is 0 Å². The molecule has 0 fully saturated rings.